The van der Waals surface area contributed by atoms with Gasteiger partial charge in [0.1, 0.15) is 22.3 Å². The number of ether oxygens (including phenoxy) is 2. The highest BCUT2D eigenvalue weighted by atomic mass is 35.5. The molecule has 4 aromatic rings. The first-order valence-electron chi connectivity index (χ1n) is 12.1. The highest BCUT2D eigenvalue weighted by Crippen LogP contribution is 2.39. The number of benzene rings is 4. The van der Waals surface area contributed by atoms with E-state index in [9.17, 15) is 22.8 Å². The van der Waals surface area contributed by atoms with Gasteiger partial charge < -0.3 is 20.1 Å². The smallest absolute Gasteiger partial charge is 0.416 e. The van der Waals surface area contributed by atoms with E-state index in [2.05, 4.69) is 10.6 Å². The Kier molecular flexibility index (Phi) is 9.46. The van der Waals surface area contributed by atoms with Crippen LogP contribution in [0.2, 0.25) is 5.02 Å². The summed E-state index contributed by atoms with van der Waals surface area (Å²) in [7, 11) is 2.90. The van der Waals surface area contributed by atoms with Gasteiger partial charge in [-0.25, -0.2) is 0 Å². The first-order chi connectivity index (χ1) is 19.6. The zero-order chi connectivity index (χ0) is 29.6. The van der Waals surface area contributed by atoms with E-state index in [-0.39, 0.29) is 16.3 Å². The van der Waals surface area contributed by atoms with Gasteiger partial charge in [-0.2, -0.15) is 13.2 Å². The molecule has 0 saturated heterocycles. The van der Waals surface area contributed by atoms with Crippen molar-refractivity contribution in [3.8, 4) is 11.5 Å². The summed E-state index contributed by atoms with van der Waals surface area (Å²) in [6, 6.07) is 23.3. The quantitative estimate of drug-likeness (QED) is 0.190. The molecule has 1 atom stereocenters. The summed E-state index contributed by atoms with van der Waals surface area (Å²) in [5.74, 6) is -0.364. The van der Waals surface area contributed by atoms with E-state index in [1.807, 2.05) is 0 Å². The molecule has 212 valence electrons. The number of hydrogen-bond acceptors (Lipinski definition) is 5. The first-order valence-corrected chi connectivity index (χ1v) is 13.4. The first kappa shape index (κ1) is 29.8. The minimum Gasteiger partial charge on any atom is -0.496 e. The molecule has 0 aliphatic heterocycles. The lowest BCUT2D eigenvalue weighted by Gasteiger charge is -2.19. The Morgan fingerprint density at radius 2 is 1.49 bits per heavy atom. The Morgan fingerprint density at radius 3 is 2.12 bits per heavy atom. The molecule has 4 rings (SSSR count). The number of thioether (sulfide) groups is 1. The number of amides is 2. The number of halogens is 4. The molecule has 0 bridgehead atoms. The lowest BCUT2D eigenvalue weighted by Crippen LogP contribution is -2.20. The topological polar surface area (TPSA) is 76.7 Å². The van der Waals surface area contributed by atoms with Gasteiger partial charge in [0.2, 0.25) is 5.91 Å². The van der Waals surface area contributed by atoms with Crippen molar-refractivity contribution in [1.82, 2.24) is 0 Å². The van der Waals surface area contributed by atoms with Crippen LogP contribution in [0.25, 0.3) is 0 Å². The van der Waals surface area contributed by atoms with E-state index < -0.39 is 28.8 Å². The van der Waals surface area contributed by atoms with Crippen LogP contribution in [-0.4, -0.2) is 26.0 Å². The van der Waals surface area contributed by atoms with Gasteiger partial charge in [-0.1, -0.05) is 54.1 Å². The number of anilines is 2. The monoisotopic (exact) mass is 600 g/mol. The van der Waals surface area contributed by atoms with Gasteiger partial charge in [-0.15, -0.1) is 11.8 Å². The van der Waals surface area contributed by atoms with Crippen LogP contribution in [0.1, 0.15) is 26.7 Å². The van der Waals surface area contributed by atoms with Crippen LogP contribution in [0.3, 0.4) is 0 Å². The van der Waals surface area contributed by atoms with Gasteiger partial charge in [0.05, 0.1) is 30.5 Å². The molecule has 0 aliphatic carbocycles. The molecular weight excluding hydrogens is 577 g/mol. The predicted octanol–water partition coefficient (Wildman–Crippen LogP) is 8.10. The summed E-state index contributed by atoms with van der Waals surface area (Å²) in [5.41, 5.74) is 0.193. The Labute approximate surface area is 243 Å². The summed E-state index contributed by atoms with van der Waals surface area (Å²) >= 11 is 7.28. The van der Waals surface area contributed by atoms with Gasteiger partial charge in [-0.3, -0.25) is 9.59 Å². The maximum Gasteiger partial charge on any atom is 0.416 e. The van der Waals surface area contributed by atoms with Crippen molar-refractivity contribution < 1.29 is 32.2 Å². The van der Waals surface area contributed by atoms with Gasteiger partial charge in [-0.05, 0) is 54.1 Å². The minimum atomic E-state index is -4.60. The number of methoxy groups -OCH3 is 2. The van der Waals surface area contributed by atoms with E-state index in [1.54, 1.807) is 72.8 Å². The Hall–Kier alpha value is -4.15. The fourth-order valence-corrected chi connectivity index (χ4v) is 5.20. The van der Waals surface area contributed by atoms with E-state index in [1.165, 1.54) is 14.2 Å². The molecule has 6 nitrogen and oxygen atoms in total. The number of carbonyl (C=O) groups is 2. The Balaban J connectivity index is 1.60. The van der Waals surface area contributed by atoms with Crippen LogP contribution < -0.4 is 20.1 Å². The molecule has 0 saturated carbocycles. The highest BCUT2D eigenvalue weighted by Gasteiger charge is 2.32. The summed E-state index contributed by atoms with van der Waals surface area (Å²) in [6.07, 6.45) is -4.60. The van der Waals surface area contributed by atoms with Crippen molar-refractivity contribution in [2.75, 3.05) is 24.9 Å². The number of carbonyl (C=O) groups excluding carboxylic acids is 2. The Bertz CT molecular complexity index is 1530. The fourth-order valence-electron chi connectivity index (χ4n) is 3.95. The third-order valence-corrected chi connectivity index (χ3v) is 7.47. The van der Waals surface area contributed by atoms with Crippen LogP contribution in [0.5, 0.6) is 11.5 Å². The third kappa shape index (κ3) is 7.33. The van der Waals surface area contributed by atoms with Gasteiger partial charge >= 0.3 is 6.18 Å². The van der Waals surface area contributed by atoms with E-state index in [0.29, 0.717) is 27.6 Å². The summed E-state index contributed by atoms with van der Waals surface area (Å²) in [5, 5.41) is 4.48. The number of rotatable bonds is 9. The van der Waals surface area contributed by atoms with E-state index in [0.717, 1.165) is 30.0 Å². The van der Waals surface area contributed by atoms with Crippen molar-refractivity contribution in [2.24, 2.45) is 0 Å². The zero-order valence-corrected chi connectivity index (χ0v) is 23.4. The molecule has 11 heteroatoms. The second-order valence-corrected chi connectivity index (χ2v) is 10.2. The average Bonchev–Trinajstić information content (AvgIpc) is 2.96. The van der Waals surface area contributed by atoms with Gasteiger partial charge in [0.15, 0.2) is 0 Å². The van der Waals surface area contributed by atoms with Crippen LogP contribution in [0.4, 0.5) is 24.5 Å². The van der Waals surface area contributed by atoms with Crippen LogP contribution in [-0.2, 0) is 11.0 Å². The predicted molar refractivity (Wildman–Crippen MR) is 154 cm³/mol. The van der Waals surface area contributed by atoms with Crippen molar-refractivity contribution in [3.63, 3.8) is 0 Å². The molecule has 0 radical (unpaired) electrons. The molecule has 0 spiro atoms. The fraction of sp³-hybridized carbons (Fsp3) is 0.133. The second kappa shape index (κ2) is 13.0. The van der Waals surface area contributed by atoms with Gasteiger partial charge in [0, 0.05) is 10.6 Å². The molecule has 0 aromatic heterocycles. The van der Waals surface area contributed by atoms with E-state index in [4.69, 9.17) is 21.1 Å². The molecule has 41 heavy (non-hydrogen) atoms. The SMILES string of the molecule is COc1cccc(OC)c1C(=O)Nc1cccc(SC(C(=O)Nc2cc(C(F)(F)F)ccc2Cl)c2ccccc2)c1. The lowest BCUT2D eigenvalue weighted by atomic mass is 10.1. The van der Waals surface area contributed by atoms with Crippen molar-refractivity contribution in [1.29, 1.82) is 0 Å². The number of hydrogen-bond donors (Lipinski definition) is 2. The normalized spacial score (nSPS) is 11.9. The third-order valence-electron chi connectivity index (χ3n) is 5.89. The lowest BCUT2D eigenvalue weighted by molar-refractivity contribution is -0.137. The molecule has 0 heterocycles. The summed E-state index contributed by atoms with van der Waals surface area (Å²) in [4.78, 5) is 27.2. The molecule has 2 N–H and O–H groups in total. The van der Waals surface area contributed by atoms with E-state index >= 15 is 0 Å². The van der Waals surface area contributed by atoms with Crippen LogP contribution in [0.15, 0.2) is 95.9 Å². The zero-order valence-electron chi connectivity index (χ0n) is 21.8. The standard InChI is InChI=1S/C30H24ClF3N2O4S/c1-39-24-12-7-13-25(40-2)26(24)28(37)35-20-10-6-11-21(17-20)41-27(18-8-4-3-5-9-18)29(38)36-23-16-19(30(32,33)34)14-15-22(23)31/h3-17,27H,1-2H3,(H,35,37)(H,36,38). The maximum absolute atomic E-state index is 13.5. The van der Waals surface area contributed by atoms with Crippen LogP contribution >= 0.6 is 23.4 Å². The minimum absolute atomic E-state index is 0.0281. The maximum atomic E-state index is 13.5. The summed E-state index contributed by atoms with van der Waals surface area (Å²) in [6.45, 7) is 0. The molecule has 1 unspecified atom stereocenters. The molecular formula is C30H24ClF3N2O4S. The summed E-state index contributed by atoms with van der Waals surface area (Å²) < 4.78 is 50.4. The second-order valence-electron chi connectivity index (χ2n) is 8.61. The van der Waals surface area contributed by atoms with Crippen molar-refractivity contribution in [3.05, 3.63) is 113 Å². The number of nitrogens with one attached hydrogen (secondary N) is 2. The number of alkyl halides is 3. The van der Waals surface area contributed by atoms with Crippen molar-refractivity contribution in [2.45, 2.75) is 16.3 Å². The van der Waals surface area contributed by atoms with Gasteiger partial charge in [0.25, 0.3) is 5.91 Å². The van der Waals surface area contributed by atoms with Crippen molar-refractivity contribution >= 4 is 46.6 Å². The average molecular weight is 601 g/mol. The molecule has 0 fully saturated rings. The highest BCUT2D eigenvalue weighted by molar-refractivity contribution is 8.00. The largest absolute Gasteiger partial charge is 0.496 e. The molecule has 0 aliphatic rings. The Morgan fingerprint density at radius 1 is 0.829 bits per heavy atom. The molecule has 2 amide bonds. The molecule has 4 aromatic carbocycles. The van der Waals surface area contributed by atoms with Crippen LogP contribution in [0, 0.1) is 0 Å².